The van der Waals surface area contributed by atoms with Gasteiger partial charge in [-0.2, -0.15) is 0 Å². The van der Waals surface area contributed by atoms with E-state index >= 15 is 0 Å². The largest absolute Gasteiger partial charge is 0.348 e. The van der Waals surface area contributed by atoms with Gasteiger partial charge in [-0.05, 0) is 36.8 Å². The molecule has 0 aliphatic heterocycles. The Hall–Kier alpha value is -1.39. The number of carbonyl (C=O) groups is 1. The number of aryl methyl sites for hydroxylation is 1. The van der Waals surface area contributed by atoms with Crippen LogP contribution >= 0.6 is 27.5 Å². The van der Waals surface area contributed by atoms with Crippen LogP contribution in [0.2, 0.25) is 5.02 Å². The molecule has 0 aliphatic carbocycles. The predicted molar refractivity (Wildman–Crippen MR) is 81.5 cm³/mol. The highest BCUT2D eigenvalue weighted by Gasteiger charge is 2.12. The quantitative estimate of drug-likeness (QED) is 0.863. The lowest BCUT2D eigenvalue weighted by Gasteiger charge is -2.09. The summed E-state index contributed by atoms with van der Waals surface area (Å²) in [6, 6.07) is 9.82. The van der Waals surface area contributed by atoms with Crippen molar-refractivity contribution in [1.29, 1.82) is 0 Å². The van der Waals surface area contributed by atoms with Gasteiger partial charge in [0.25, 0.3) is 5.91 Å². The maximum absolute atomic E-state index is 13.6. The molecule has 1 amide bonds. The van der Waals surface area contributed by atoms with E-state index < -0.39 is 0 Å². The fourth-order valence-electron chi connectivity index (χ4n) is 1.77. The minimum absolute atomic E-state index is 0.106. The van der Waals surface area contributed by atoms with Crippen LogP contribution in [0.5, 0.6) is 0 Å². The smallest absolute Gasteiger partial charge is 0.253 e. The van der Waals surface area contributed by atoms with Crippen LogP contribution in [0.4, 0.5) is 4.39 Å². The average molecular weight is 357 g/mol. The fraction of sp³-hybridized carbons (Fsp3) is 0.133. The second-order valence-corrected chi connectivity index (χ2v) is 5.65. The first-order valence-corrected chi connectivity index (χ1v) is 7.13. The molecule has 2 aromatic carbocycles. The maximum atomic E-state index is 13.6. The Morgan fingerprint density at radius 2 is 2.10 bits per heavy atom. The summed E-state index contributed by atoms with van der Waals surface area (Å²) in [6.45, 7) is 1.93. The number of carbonyl (C=O) groups excluding carboxylic acids is 1. The van der Waals surface area contributed by atoms with Crippen LogP contribution in [0.1, 0.15) is 21.5 Å². The molecule has 0 fully saturated rings. The second kappa shape index (κ2) is 6.37. The van der Waals surface area contributed by atoms with Crippen molar-refractivity contribution in [2.75, 3.05) is 0 Å². The van der Waals surface area contributed by atoms with E-state index in [1.807, 2.05) is 13.0 Å². The van der Waals surface area contributed by atoms with Crippen LogP contribution in [0, 0.1) is 12.7 Å². The Morgan fingerprint density at radius 1 is 1.35 bits per heavy atom. The van der Waals surface area contributed by atoms with Gasteiger partial charge in [-0.3, -0.25) is 4.79 Å². The van der Waals surface area contributed by atoms with E-state index in [1.165, 1.54) is 6.07 Å². The normalized spacial score (nSPS) is 10.4. The van der Waals surface area contributed by atoms with Crippen LogP contribution in [-0.4, -0.2) is 5.91 Å². The maximum Gasteiger partial charge on any atom is 0.253 e. The van der Waals surface area contributed by atoms with Gasteiger partial charge < -0.3 is 5.32 Å². The topological polar surface area (TPSA) is 29.1 Å². The van der Waals surface area contributed by atoms with Gasteiger partial charge in [0.05, 0.1) is 10.6 Å². The van der Waals surface area contributed by atoms with Crippen molar-refractivity contribution < 1.29 is 9.18 Å². The minimum atomic E-state index is -0.358. The van der Waals surface area contributed by atoms with Gasteiger partial charge in [-0.25, -0.2) is 4.39 Å². The molecule has 2 nitrogen and oxygen atoms in total. The number of benzene rings is 2. The predicted octanol–water partition coefficient (Wildman–Crippen LogP) is 4.48. The summed E-state index contributed by atoms with van der Waals surface area (Å²) in [5.41, 5.74) is 1.63. The second-order valence-electron chi connectivity index (χ2n) is 4.35. The molecule has 0 aromatic heterocycles. The summed E-state index contributed by atoms with van der Waals surface area (Å²) >= 11 is 9.35. The van der Waals surface area contributed by atoms with Gasteiger partial charge in [0.15, 0.2) is 0 Å². The third-order valence-corrected chi connectivity index (χ3v) is 3.88. The van der Waals surface area contributed by atoms with Crippen molar-refractivity contribution >= 4 is 33.4 Å². The SMILES string of the molecule is Cc1cccc(C(=O)NCc2cc(Br)ccc2F)c1Cl. The molecule has 0 saturated heterocycles. The van der Waals surface area contributed by atoms with E-state index in [0.717, 1.165) is 10.0 Å². The highest BCUT2D eigenvalue weighted by Crippen LogP contribution is 2.20. The Morgan fingerprint density at radius 3 is 2.85 bits per heavy atom. The molecular formula is C15H12BrClFNO. The lowest BCUT2D eigenvalue weighted by Crippen LogP contribution is -2.23. The number of rotatable bonds is 3. The number of halogens is 3. The van der Waals surface area contributed by atoms with Crippen LogP contribution < -0.4 is 5.32 Å². The first-order valence-electron chi connectivity index (χ1n) is 5.96. The van der Waals surface area contributed by atoms with E-state index in [9.17, 15) is 9.18 Å². The summed E-state index contributed by atoms with van der Waals surface area (Å²) in [5, 5.41) is 3.08. The van der Waals surface area contributed by atoms with Crippen molar-refractivity contribution in [3.8, 4) is 0 Å². The van der Waals surface area contributed by atoms with E-state index in [-0.39, 0.29) is 18.3 Å². The first-order chi connectivity index (χ1) is 9.49. The zero-order valence-corrected chi connectivity index (χ0v) is 13.1. The van der Waals surface area contributed by atoms with Crippen molar-refractivity contribution in [1.82, 2.24) is 5.32 Å². The molecule has 5 heteroatoms. The lowest BCUT2D eigenvalue weighted by molar-refractivity contribution is 0.0950. The molecule has 0 spiro atoms. The van der Waals surface area contributed by atoms with Crippen molar-refractivity contribution in [2.45, 2.75) is 13.5 Å². The highest BCUT2D eigenvalue weighted by molar-refractivity contribution is 9.10. The Labute approximate surface area is 130 Å². The molecule has 2 aromatic rings. The molecular weight excluding hydrogens is 345 g/mol. The molecule has 20 heavy (non-hydrogen) atoms. The van der Waals surface area contributed by atoms with Gasteiger partial charge in [0, 0.05) is 16.6 Å². The molecule has 104 valence electrons. The molecule has 0 heterocycles. The summed E-state index contributed by atoms with van der Waals surface area (Å²) in [6.07, 6.45) is 0. The van der Waals surface area contributed by atoms with Gasteiger partial charge in [0.1, 0.15) is 5.82 Å². The summed E-state index contributed by atoms with van der Waals surface area (Å²) in [5.74, 6) is -0.679. The molecule has 0 bridgehead atoms. The third kappa shape index (κ3) is 3.38. The first kappa shape index (κ1) is 15.0. The average Bonchev–Trinajstić information content (AvgIpc) is 2.42. The van der Waals surface area contributed by atoms with Gasteiger partial charge in [-0.15, -0.1) is 0 Å². The van der Waals surface area contributed by atoms with Crippen LogP contribution in [0.15, 0.2) is 40.9 Å². The number of nitrogens with one attached hydrogen (secondary N) is 1. The zero-order valence-electron chi connectivity index (χ0n) is 10.7. The minimum Gasteiger partial charge on any atom is -0.348 e. The third-order valence-electron chi connectivity index (χ3n) is 2.88. The fourth-order valence-corrected chi connectivity index (χ4v) is 2.39. The van der Waals surface area contributed by atoms with Gasteiger partial charge in [0.2, 0.25) is 0 Å². The van der Waals surface area contributed by atoms with E-state index in [2.05, 4.69) is 21.2 Å². The number of hydrogen-bond donors (Lipinski definition) is 1. The molecule has 0 unspecified atom stereocenters. The van der Waals surface area contributed by atoms with Crippen LogP contribution in [0.3, 0.4) is 0 Å². The van der Waals surface area contributed by atoms with E-state index in [0.29, 0.717) is 16.1 Å². The van der Waals surface area contributed by atoms with Gasteiger partial charge >= 0.3 is 0 Å². The molecule has 2 rings (SSSR count). The van der Waals surface area contributed by atoms with E-state index in [1.54, 1.807) is 24.3 Å². The van der Waals surface area contributed by atoms with Crippen LogP contribution in [-0.2, 0) is 6.54 Å². The van der Waals surface area contributed by atoms with Crippen LogP contribution in [0.25, 0.3) is 0 Å². The monoisotopic (exact) mass is 355 g/mol. The zero-order chi connectivity index (χ0) is 14.7. The highest BCUT2D eigenvalue weighted by atomic mass is 79.9. The molecule has 0 radical (unpaired) electrons. The summed E-state index contributed by atoms with van der Waals surface area (Å²) < 4.78 is 14.3. The van der Waals surface area contributed by atoms with Gasteiger partial charge in [-0.1, -0.05) is 39.7 Å². The standard InChI is InChI=1S/C15H12BrClFNO/c1-9-3-2-4-12(14(9)17)15(20)19-8-10-7-11(16)5-6-13(10)18/h2-7H,8H2,1H3,(H,19,20). The lowest BCUT2D eigenvalue weighted by atomic mass is 10.1. The molecule has 1 N–H and O–H groups in total. The van der Waals surface area contributed by atoms with E-state index in [4.69, 9.17) is 11.6 Å². The summed E-state index contributed by atoms with van der Waals surface area (Å²) in [7, 11) is 0. The summed E-state index contributed by atoms with van der Waals surface area (Å²) in [4.78, 5) is 12.1. The van der Waals surface area contributed by atoms with Crippen molar-refractivity contribution in [3.05, 3.63) is 68.4 Å². The molecule has 0 atom stereocenters. The molecule has 0 aliphatic rings. The number of amides is 1. The molecule has 0 saturated carbocycles. The van der Waals surface area contributed by atoms with Crippen molar-refractivity contribution in [2.24, 2.45) is 0 Å². The Balaban J connectivity index is 2.13. The van der Waals surface area contributed by atoms with Crippen molar-refractivity contribution in [3.63, 3.8) is 0 Å². The Bertz CT molecular complexity index is 660. The number of hydrogen-bond acceptors (Lipinski definition) is 1. The Kier molecular flexibility index (Phi) is 4.78.